The minimum absolute atomic E-state index is 0.205. The van der Waals surface area contributed by atoms with Crippen LogP contribution in [0.25, 0.3) is 11.2 Å². The van der Waals surface area contributed by atoms with E-state index in [1.54, 1.807) is 10.9 Å². The number of nitrogens with zero attached hydrogens (tertiary/aromatic N) is 3. The van der Waals surface area contributed by atoms with Gasteiger partial charge in [0.25, 0.3) is 5.56 Å². The molecule has 2 aliphatic heterocycles. The van der Waals surface area contributed by atoms with Crippen molar-refractivity contribution in [1.82, 2.24) is 19.5 Å². The quantitative estimate of drug-likeness (QED) is 0.297. The first kappa shape index (κ1) is 25.8. The van der Waals surface area contributed by atoms with Crippen molar-refractivity contribution in [3.05, 3.63) is 131 Å². The van der Waals surface area contributed by atoms with Crippen LogP contribution in [-0.2, 0) is 24.5 Å². The van der Waals surface area contributed by atoms with Crippen molar-refractivity contribution >= 4 is 11.2 Å². The van der Waals surface area contributed by atoms with Gasteiger partial charge in [0, 0.05) is 0 Å². The first-order valence-electron chi connectivity index (χ1n) is 13.7. The summed E-state index contributed by atoms with van der Waals surface area (Å²) in [6, 6.07) is 30.6. The van der Waals surface area contributed by atoms with Gasteiger partial charge in [0.2, 0.25) is 0 Å². The average molecular weight is 551 g/mol. The van der Waals surface area contributed by atoms with Crippen molar-refractivity contribution in [2.45, 2.75) is 49.8 Å². The fourth-order valence-corrected chi connectivity index (χ4v) is 6.04. The fraction of sp³-hybridized carbons (Fsp3) is 0.281. The SMILES string of the molecule is CC1(C)O[C@@H]2[C@H](O1)[C@H](COC(c1ccccc1)(c1ccccc1)c1ccccc1)O[C@@H]2n1cnc2c(=O)[nH]cnc21. The van der Waals surface area contributed by atoms with E-state index in [0.29, 0.717) is 5.65 Å². The molecule has 41 heavy (non-hydrogen) atoms. The summed E-state index contributed by atoms with van der Waals surface area (Å²) in [6.07, 6.45) is 0.941. The van der Waals surface area contributed by atoms with Crippen molar-refractivity contribution in [2.24, 2.45) is 0 Å². The summed E-state index contributed by atoms with van der Waals surface area (Å²) in [6.45, 7) is 3.98. The van der Waals surface area contributed by atoms with Gasteiger partial charge in [0.15, 0.2) is 23.2 Å². The van der Waals surface area contributed by atoms with E-state index in [1.807, 2.05) is 68.4 Å². The molecule has 9 nitrogen and oxygen atoms in total. The number of ether oxygens (including phenoxy) is 4. The number of H-pyrrole nitrogens is 1. The van der Waals surface area contributed by atoms with Crippen LogP contribution in [0, 0.1) is 0 Å². The van der Waals surface area contributed by atoms with E-state index in [2.05, 4.69) is 51.4 Å². The number of imidazole rings is 1. The third-order valence-electron chi connectivity index (χ3n) is 7.77. The van der Waals surface area contributed by atoms with Gasteiger partial charge < -0.3 is 23.9 Å². The summed E-state index contributed by atoms with van der Waals surface area (Å²) in [5, 5.41) is 0. The first-order valence-corrected chi connectivity index (χ1v) is 13.7. The summed E-state index contributed by atoms with van der Waals surface area (Å²) in [7, 11) is 0. The number of aromatic nitrogens is 4. The number of nitrogens with one attached hydrogen (secondary N) is 1. The van der Waals surface area contributed by atoms with Gasteiger partial charge >= 0.3 is 0 Å². The fourth-order valence-electron chi connectivity index (χ4n) is 6.04. The third kappa shape index (κ3) is 4.38. The van der Waals surface area contributed by atoms with Crippen LogP contribution in [0.5, 0.6) is 0 Å². The number of benzene rings is 3. The van der Waals surface area contributed by atoms with Crippen molar-refractivity contribution in [2.75, 3.05) is 6.61 Å². The summed E-state index contributed by atoms with van der Waals surface area (Å²) in [5.41, 5.74) is 2.42. The van der Waals surface area contributed by atoms with Crippen LogP contribution in [0.2, 0.25) is 0 Å². The molecule has 3 aromatic carbocycles. The largest absolute Gasteiger partial charge is 0.358 e. The number of fused-ring (bicyclic) bond motifs is 2. The zero-order valence-electron chi connectivity index (χ0n) is 22.7. The van der Waals surface area contributed by atoms with E-state index in [4.69, 9.17) is 18.9 Å². The van der Waals surface area contributed by atoms with Crippen LogP contribution in [0.1, 0.15) is 36.8 Å². The van der Waals surface area contributed by atoms with Crippen LogP contribution in [-0.4, -0.2) is 50.2 Å². The van der Waals surface area contributed by atoms with Gasteiger partial charge in [-0.25, -0.2) is 9.97 Å². The average Bonchev–Trinajstić information content (AvgIpc) is 3.67. The maximum atomic E-state index is 12.3. The smallest absolute Gasteiger partial charge is 0.278 e. The third-order valence-corrected chi connectivity index (χ3v) is 7.77. The highest BCUT2D eigenvalue weighted by atomic mass is 16.8. The van der Waals surface area contributed by atoms with Crippen LogP contribution >= 0.6 is 0 Å². The van der Waals surface area contributed by atoms with Crippen molar-refractivity contribution in [1.29, 1.82) is 0 Å². The molecule has 0 spiro atoms. The summed E-state index contributed by atoms with van der Waals surface area (Å²) < 4.78 is 28.1. The van der Waals surface area contributed by atoms with Crippen LogP contribution in [0.3, 0.4) is 0 Å². The lowest BCUT2D eigenvalue weighted by atomic mass is 9.80. The predicted octanol–water partition coefficient (Wildman–Crippen LogP) is 4.55. The molecule has 5 aromatic rings. The van der Waals surface area contributed by atoms with E-state index >= 15 is 0 Å². The molecule has 2 saturated heterocycles. The van der Waals surface area contributed by atoms with Crippen LogP contribution < -0.4 is 5.56 Å². The molecule has 0 bridgehead atoms. The number of hydrogen-bond acceptors (Lipinski definition) is 7. The van der Waals surface area contributed by atoms with Gasteiger partial charge in [-0.05, 0) is 30.5 Å². The molecule has 2 aromatic heterocycles. The Balaban J connectivity index is 1.29. The molecule has 0 saturated carbocycles. The number of rotatable bonds is 7. The Kier molecular flexibility index (Phi) is 6.32. The molecule has 1 N–H and O–H groups in total. The molecule has 0 unspecified atom stereocenters. The molecule has 4 atom stereocenters. The standard InChI is InChI=1S/C32H30N4O5/c1-31(2)40-26-24(39-30(27(26)41-31)36-20-35-25-28(36)33-19-34-29(25)37)18-38-32(21-12-6-3-7-13-21,22-14-8-4-9-15-22)23-16-10-5-11-17-23/h3-17,19-20,24,26-27,30H,18H2,1-2H3,(H,33,34,37)/t24-,26+,27+,30-/m0/s1. The highest BCUT2D eigenvalue weighted by Gasteiger charge is 2.57. The zero-order chi connectivity index (χ0) is 28.0. The normalized spacial score (nSPS) is 23.6. The Morgan fingerprint density at radius 1 is 0.854 bits per heavy atom. The lowest BCUT2D eigenvalue weighted by molar-refractivity contribution is -0.204. The Labute approximate surface area is 236 Å². The molecular formula is C32H30N4O5. The Morgan fingerprint density at radius 2 is 1.41 bits per heavy atom. The maximum Gasteiger partial charge on any atom is 0.278 e. The topological polar surface area (TPSA) is 100 Å². The minimum Gasteiger partial charge on any atom is -0.358 e. The molecule has 4 heterocycles. The van der Waals surface area contributed by atoms with E-state index < -0.39 is 35.9 Å². The second-order valence-electron chi connectivity index (χ2n) is 10.8. The number of aromatic amines is 1. The molecule has 0 aliphatic carbocycles. The van der Waals surface area contributed by atoms with Gasteiger partial charge in [-0.15, -0.1) is 0 Å². The highest BCUT2D eigenvalue weighted by molar-refractivity contribution is 5.68. The molecular weight excluding hydrogens is 520 g/mol. The Hall–Kier alpha value is -4.15. The lowest BCUT2D eigenvalue weighted by Gasteiger charge is -2.37. The van der Waals surface area contributed by atoms with Crippen molar-refractivity contribution in [3.63, 3.8) is 0 Å². The summed E-state index contributed by atoms with van der Waals surface area (Å²) in [4.78, 5) is 23.6. The molecule has 9 heteroatoms. The summed E-state index contributed by atoms with van der Waals surface area (Å²) in [5.74, 6) is -0.827. The summed E-state index contributed by atoms with van der Waals surface area (Å²) >= 11 is 0. The Morgan fingerprint density at radius 3 is 2.00 bits per heavy atom. The maximum absolute atomic E-state index is 12.3. The first-order chi connectivity index (χ1) is 20.0. The molecule has 7 rings (SSSR count). The molecule has 208 valence electrons. The molecule has 0 radical (unpaired) electrons. The minimum atomic E-state index is -0.910. The zero-order valence-corrected chi connectivity index (χ0v) is 22.7. The van der Waals surface area contributed by atoms with E-state index in [1.165, 1.54) is 6.33 Å². The second kappa shape index (κ2) is 10.0. The van der Waals surface area contributed by atoms with Crippen molar-refractivity contribution < 1.29 is 18.9 Å². The molecule has 2 fully saturated rings. The van der Waals surface area contributed by atoms with Gasteiger partial charge in [0.1, 0.15) is 23.9 Å². The molecule has 0 amide bonds. The molecule has 2 aliphatic rings. The van der Waals surface area contributed by atoms with Gasteiger partial charge in [-0.3, -0.25) is 9.36 Å². The van der Waals surface area contributed by atoms with Gasteiger partial charge in [-0.1, -0.05) is 91.0 Å². The van der Waals surface area contributed by atoms with Gasteiger partial charge in [0.05, 0.1) is 19.3 Å². The van der Waals surface area contributed by atoms with Gasteiger partial charge in [-0.2, -0.15) is 0 Å². The predicted molar refractivity (Wildman–Crippen MR) is 151 cm³/mol. The van der Waals surface area contributed by atoms with E-state index in [0.717, 1.165) is 16.7 Å². The van der Waals surface area contributed by atoms with E-state index in [-0.39, 0.29) is 17.7 Å². The lowest BCUT2D eigenvalue weighted by Crippen LogP contribution is -2.39. The monoisotopic (exact) mass is 550 g/mol. The van der Waals surface area contributed by atoms with Crippen LogP contribution in [0.4, 0.5) is 0 Å². The van der Waals surface area contributed by atoms with E-state index in [9.17, 15) is 4.79 Å². The highest BCUT2D eigenvalue weighted by Crippen LogP contribution is 2.46. The Bertz CT molecular complexity index is 1610. The van der Waals surface area contributed by atoms with Crippen LogP contribution in [0.15, 0.2) is 108 Å². The van der Waals surface area contributed by atoms with Crippen molar-refractivity contribution in [3.8, 4) is 0 Å². The number of hydrogen-bond donors (Lipinski definition) is 1. The second-order valence-corrected chi connectivity index (χ2v) is 10.8.